The third-order valence-corrected chi connectivity index (χ3v) is 2.42. The van der Waals surface area contributed by atoms with Crippen LogP contribution in [0.1, 0.15) is 5.56 Å². The van der Waals surface area contributed by atoms with Crippen LogP contribution in [0.4, 0.5) is 17.5 Å². The topological polar surface area (TPSA) is 73.1 Å². The van der Waals surface area contributed by atoms with E-state index in [0.29, 0.717) is 17.6 Å². The number of nitrogens with one attached hydrogen (secondary N) is 1. The first-order valence-corrected chi connectivity index (χ1v) is 5.70. The van der Waals surface area contributed by atoms with Gasteiger partial charge in [-0.2, -0.15) is 4.98 Å². The second kappa shape index (κ2) is 5.66. The van der Waals surface area contributed by atoms with Crippen LogP contribution in [0.25, 0.3) is 0 Å². The van der Waals surface area contributed by atoms with Gasteiger partial charge in [0.2, 0.25) is 5.95 Å². The number of ether oxygens (including phenoxy) is 1. The molecule has 0 saturated heterocycles. The van der Waals surface area contributed by atoms with E-state index in [-0.39, 0.29) is 5.95 Å². The summed E-state index contributed by atoms with van der Waals surface area (Å²) in [6.07, 6.45) is 0. The normalized spacial score (nSPS) is 10.3. The Labute approximate surface area is 110 Å². The molecule has 0 amide bonds. The molecule has 2 aromatic rings. The van der Waals surface area contributed by atoms with Crippen molar-refractivity contribution in [1.29, 1.82) is 0 Å². The summed E-state index contributed by atoms with van der Waals surface area (Å²) >= 11 is 5.81. The van der Waals surface area contributed by atoms with E-state index in [1.165, 1.54) is 0 Å². The molecule has 2 rings (SSSR count). The Morgan fingerprint density at radius 1 is 1.33 bits per heavy atom. The van der Waals surface area contributed by atoms with E-state index < -0.39 is 0 Å². The number of nitrogens with two attached hydrogens (primary N) is 1. The lowest BCUT2D eigenvalue weighted by Crippen LogP contribution is -2.00. The highest BCUT2D eigenvalue weighted by Gasteiger charge is 2.02. The van der Waals surface area contributed by atoms with E-state index in [9.17, 15) is 0 Å². The number of hydrogen-bond donors (Lipinski definition) is 2. The Morgan fingerprint density at radius 3 is 2.89 bits per heavy atom. The highest BCUT2D eigenvalue weighted by molar-refractivity contribution is 6.29. The number of aromatic nitrogens is 2. The number of halogens is 1. The first-order valence-electron chi connectivity index (χ1n) is 5.32. The van der Waals surface area contributed by atoms with Crippen LogP contribution >= 0.6 is 11.6 Å². The predicted molar refractivity (Wildman–Crippen MR) is 71.9 cm³/mol. The highest BCUT2D eigenvalue weighted by atomic mass is 35.5. The van der Waals surface area contributed by atoms with Crippen LogP contribution in [-0.4, -0.2) is 17.1 Å². The van der Waals surface area contributed by atoms with Crippen molar-refractivity contribution in [3.05, 3.63) is 41.0 Å². The van der Waals surface area contributed by atoms with Crippen LogP contribution in [-0.2, 0) is 11.3 Å². The van der Waals surface area contributed by atoms with Crippen molar-refractivity contribution in [3.8, 4) is 0 Å². The molecule has 1 heterocycles. The van der Waals surface area contributed by atoms with Gasteiger partial charge in [-0.15, -0.1) is 0 Å². The van der Waals surface area contributed by atoms with Gasteiger partial charge in [0.1, 0.15) is 11.0 Å². The van der Waals surface area contributed by atoms with Crippen LogP contribution in [0.15, 0.2) is 30.3 Å². The zero-order chi connectivity index (χ0) is 13.0. The zero-order valence-corrected chi connectivity index (χ0v) is 10.6. The second-order valence-corrected chi connectivity index (χ2v) is 4.08. The molecule has 0 fully saturated rings. The van der Waals surface area contributed by atoms with Gasteiger partial charge in [0, 0.05) is 18.9 Å². The van der Waals surface area contributed by atoms with Crippen molar-refractivity contribution in [2.75, 3.05) is 18.2 Å². The fourth-order valence-electron chi connectivity index (χ4n) is 1.55. The van der Waals surface area contributed by atoms with E-state index in [4.69, 9.17) is 22.1 Å². The number of nitrogen functional groups attached to an aromatic ring is 1. The lowest BCUT2D eigenvalue weighted by molar-refractivity contribution is 0.185. The first-order chi connectivity index (χ1) is 8.67. The van der Waals surface area contributed by atoms with E-state index >= 15 is 0 Å². The Morgan fingerprint density at radius 2 is 2.17 bits per heavy atom. The molecule has 0 bridgehead atoms. The Kier molecular flexibility index (Phi) is 3.96. The molecule has 6 heteroatoms. The van der Waals surface area contributed by atoms with Gasteiger partial charge < -0.3 is 15.8 Å². The van der Waals surface area contributed by atoms with Crippen LogP contribution in [0, 0.1) is 0 Å². The van der Waals surface area contributed by atoms with Crippen molar-refractivity contribution >= 4 is 29.1 Å². The van der Waals surface area contributed by atoms with Gasteiger partial charge in [-0.1, -0.05) is 23.7 Å². The maximum Gasteiger partial charge on any atom is 0.223 e. The molecule has 0 spiro atoms. The summed E-state index contributed by atoms with van der Waals surface area (Å²) in [7, 11) is 1.66. The van der Waals surface area contributed by atoms with Gasteiger partial charge in [0.15, 0.2) is 0 Å². The van der Waals surface area contributed by atoms with Crippen molar-refractivity contribution in [2.45, 2.75) is 6.61 Å². The molecule has 0 aliphatic heterocycles. The van der Waals surface area contributed by atoms with E-state index in [0.717, 1.165) is 11.3 Å². The van der Waals surface area contributed by atoms with Gasteiger partial charge in [-0.05, 0) is 17.7 Å². The number of methoxy groups -OCH3 is 1. The number of hydrogen-bond acceptors (Lipinski definition) is 5. The quantitative estimate of drug-likeness (QED) is 0.831. The van der Waals surface area contributed by atoms with Crippen molar-refractivity contribution in [2.24, 2.45) is 0 Å². The minimum Gasteiger partial charge on any atom is -0.380 e. The molecule has 1 aromatic heterocycles. The fraction of sp³-hybridized carbons (Fsp3) is 0.167. The van der Waals surface area contributed by atoms with Crippen LogP contribution in [0.5, 0.6) is 0 Å². The highest BCUT2D eigenvalue weighted by Crippen LogP contribution is 2.19. The summed E-state index contributed by atoms with van der Waals surface area (Å²) in [6, 6.07) is 9.42. The molecule has 0 aliphatic rings. The summed E-state index contributed by atoms with van der Waals surface area (Å²) in [6.45, 7) is 0.558. The van der Waals surface area contributed by atoms with Gasteiger partial charge in [-0.25, -0.2) is 4.98 Å². The molecule has 94 valence electrons. The lowest BCUT2D eigenvalue weighted by atomic mass is 10.2. The third kappa shape index (κ3) is 3.32. The molecule has 0 radical (unpaired) electrons. The van der Waals surface area contributed by atoms with Crippen molar-refractivity contribution in [3.63, 3.8) is 0 Å². The minimum atomic E-state index is 0.137. The van der Waals surface area contributed by atoms with Gasteiger partial charge in [-0.3, -0.25) is 0 Å². The first kappa shape index (κ1) is 12.6. The predicted octanol–water partition coefficient (Wildman–Crippen LogP) is 2.60. The van der Waals surface area contributed by atoms with Crippen LogP contribution < -0.4 is 11.1 Å². The summed E-state index contributed by atoms with van der Waals surface area (Å²) in [5.41, 5.74) is 7.48. The third-order valence-electron chi connectivity index (χ3n) is 2.22. The molecule has 5 nitrogen and oxygen atoms in total. The zero-order valence-electron chi connectivity index (χ0n) is 9.85. The molecular formula is C12H13ClN4O. The van der Waals surface area contributed by atoms with Gasteiger partial charge in [0.05, 0.1) is 6.61 Å². The maximum atomic E-state index is 5.81. The monoisotopic (exact) mass is 264 g/mol. The SMILES string of the molecule is COCc1cccc(Nc2cc(Cl)nc(N)n2)c1. The Hall–Kier alpha value is -1.85. The van der Waals surface area contributed by atoms with Gasteiger partial charge >= 0.3 is 0 Å². The average molecular weight is 265 g/mol. The van der Waals surface area contributed by atoms with E-state index in [2.05, 4.69) is 15.3 Å². The standard InChI is InChI=1S/C12H13ClN4O/c1-18-7-8-3-2-4-9(5-8)15-11-6-10(13)16-12(14)17-11/h2-6H,7H2,1H3,(H3,14,15,16,17). The Bertz CT molecular complexity index is 527. The second-order valence-electron chi connectivity index (χ2n) is 3.69. The van der Waals surface area contributed by atoms with Crippen molar-refractivity contribution in [1.82, 2.24) is 9.97 Å². The molecule has 1 aromatic carbocycles. The number of benzene rings is 1. The number of rotatable bonds is 4. The molecule has 0 atom stereocenters. The molecule has 0 saturated carbocycles. The summed E-state index contributed by atoms with van der Waals surface area (Å²) in [5, 5.41) is 3.42. The molecular weight excluding hydrogens is 252 g/mol. The average Bonchev–Trinajstić information content (AvgIpc) is 2.28. The molecule has 18 heavy (non-hydrogen) atoms. The lowest BCUT2D eigenvalue weighted by Gasteiger charge is -2.08. The largest absolute Gasteiger partial charge is 0.380 e. The smallest absolute Gasteiger partial charge is 0.223 e. The van der Waals surface area contributed by atoms with E-state index in [1.54, 1.807) is 13.2 Å². The Balaban J connectivity index is 2.20. The maximum absolute atomic E-state index is 5.81. The summed E-state index contributed by atoms with van der Waals surface area (Å²) in [4.78, 5) is 7.84. The van der Waals surface area contributed by atoms with E-state index in [1.807, 2.05) is 24.3 Å². The number of nitrogens with zero attached hydrogens (tertiary/aromatic N) is 2. The fourth-order valence-corrected chi connectivity index (χ4v) is 1.74. The summed E-state index contributed by atoms with van der Waals surface area (Å²) in [5.74, 6) is 0.695. The van der Waals surface area contributed by atoms with Crippen LogP contribution in [0.2, 0.25) is 5.15 Å². The van der Waals surface area contributed by atoms with Crippen LogP contribution in [0.3, 0.4) is 0 Å². The van der Waals surface area contributed by atoms with Gasteiger partial charge in [0.25, 0.3) is 0 Å². The van der Waals surface area contributed by atoms with Crippen molar-refractivity contribution < 1.29 is 4.74 Å². The summed E-state index contributed by atoms with van der Waals surface area (Å²) < 4.78 is 5.08. The molecule has 0 unspecified atom stereocenters. The minimum absolute atomic E-state index is 0.137. The molecule has 3 N–H and O–H groups in total. The molecule has 0 aliphatic carbocycles. The number of anilines is 3.